The van der Waals surface area contributed by atoms with Crippen LogP contribution in [0.4, 0.5) is 26.1 Å². The smallest absolute Gasteiger partial charge is 0.232 e. The van der Waals surface area contributed by atoms with Gasteiger partial charge in [0.15, 0.2) is 17.5 Å². The van der Waals surface area contributed by atoms with Gasteiger partial charge in [-0.25, -0.2) is 32.7 Å². The van der Waals surface area contributed by atoms with Crippen LogP contribution in [0.25, 0.3) is 33.7 Å². The number of fused-ring (bicyclic) bond motifs is 1. The first kappa shape index (κ1) is 25.7. The van der Waals surface area contributed by atoms with Gasteiger partial charge in [-0.3, -0.25) is 9.11 Å². The molecular formula is C25H25F2N7O3S. The number of nitrogens with two attached hydrogens (primary N) is 1. The van der Waals surface area contributed by atoms with Crippen LogP contribution in [-0.2, 0) is 14.8 Å². The van der Waals surface area contributed by atoms with E-state index in [0.29, 0.717) is 60.4 Å². The first-order valence-corrected chi connectivity index (χ1v) is 13.6. The molecular weight excluding hydrogens is 516 g/mol. The van der Waals surface area contributed by atoms with Crippen molar-refractivity contribution in [3.8, 4) is 22.6 Å². The Balaban J connectivity index is 1.59. The normalized spacial score (nSPS) is 14.1. The van der Waals surface area contributed by atoms with Crippen LogP contribution in [0.15, 0.2) is 48.7 Å². The number of nitrogens with one attached hydrogen (secondary N) is 1. The van der Waals surface area contributed by atoms with E-state index in [1.165, 1.54) is 18.2 Å². The first-order chi connectivity index (χ1) is 18.3. The highest BCUT2D eigenvalue weighted by molar-refractivity contribution is 7.92. The van der Waals surface area contributed by atoms with Gasteiger partial charge in [0.2, 0.25) is 10.0 Å². The molecule has 0 aliphatic carbocycles. The monoisotopic (exact) mass is 541 g/mol. The van der Waals surface area contributed by atoms with Crippen molar-refractivity contribution in [2.24, 2.45) is 0 Å². The van der Waals surface area contributed by atoms with Gasteiger partial charge in [0.05, 0.1) is 42.5 Å². The summed E-state index contributed by atoms with van der Waals surface area (Å²) in [5.41, 5.74) is 7.54. The maximum absolute atomic E-state index is 15.5. The number of rotatable bonds is 8. The standard InChI is InChI=1S/C25H25F2N7O3S/c26-9-2-14-38(35,36)33-19-4-1-3-17(22(19)27)18-6-7-20-23(30-18)25(34-10-12-37-13-11-34)32-24(31-20)16-5-8-21(28)29-15-16/h1,3-8,15,33H,2,9-14H2,(H2,28,29). The SMILES string of the molecule is Nc1ccc(-c2nc(N3CCOCC3)c3nc(-c4cccc(NS(=O)(=O)CCCF)c4F)ccc3n2)cn1. The summed E-state index contributed by atoms with van der Waals surface area (Å²) >= 11 is 0. The molecule has 0 bridgehead atoms. The van der Waals surface area contributed by atoms with E-state index in [9.17, 15) is 12.8 Å². The molecule has 1 saturated heterocycles. The molecule has 0 saturated carbocycles. The third-order valence-electron chi connectivity index (χ3n) is 5.97. The molecule has 198 valence electrons. The second-order valence-corrected chi connectivity index (χ2v) is 10.5. The molecule has 4 aromatic rings. The van der Waals surface area contributed by atoms with Crippen LogP contribution in [0.5, 0.6) is 0 Å². The van der Waals surface area contributed by atoms with Crippen molar-refractivity contribution in [3.05, 3.63) is 54.5 Å². The predicted molar refractivity (Wildman–Crippen MR) is 141 cm³/mol. The van der Waals surface area contributed by atoms with Crippen molar-refractivity contribution in [1.29, 1.82) is 0 Å². The van der Waals surface area contributed by atoms with Crippen LogP contribution in [-0.4, -0.2) is 67.1 Å². The van der Waals surface area contributed by atoms with E-state index in [-0.39, 0.29) is 23.4 Å². The highest BCUT2D eigenvalue weighted by Gasteiger charge is 2.21. The Hall–Kier alpha value is -3.97. The second kappa shape index (κ2) is 10.8. The number of ether oxygens (including phenoxy) is 1. The Morgan fingerprint density at radius 1 is 1.05 bits per heavy atom. The number of benzene rings is 1. The first-order valence-electron chi connectivity index (χ1n) is 11.9. The van der Waals surface area contributed by atoms with Crippen molar-refractivity contribution in [1.82, 2.24) is 19.9 Å². The lowest BCUT2D eigenvalue weighted by atomic mass is 10.1. The van der Waals surface area contributed by atoms with Gasteiger partial charge in [0.1, 0.15) is 11.3 Å². The minimum absolute atomic E-state index is 0.0948. The third kappa shape index (κ3) is 5.48. The molecule has 0 atom stereocenters. The molecule has 0 radical (unpaired) electrons. The average molecular weight is 542 g/mol. The fourth-order valence-electron chi connectivity index (χ4n) is 4.08. The Morgan fingerprint density at radius 2 is 1.87 bits per heavy atom. The summed E-state index contributed by atoms with van der Waals surface area (Å²) in [4.78, 5) is 20.3. The van der Waals surface area contributed by atoms with Crippen LogP contribution in [0, 0.1) is 5.82 Å². The number of aromatic nitrogens is 4. The lowest BCUT2D eigenvalue weighted by molar-refractivity contribution is 0.122. The highest BCUT2D eigenvalue weighted by Crippen LogP contribution is 2.32. The summed E-state index contributed by atoms with van der Waals surface area (Å²) in [6.45, 7) is 1.42. The zero-order chi connectivity index (χ0) is 26.7. The number of nitrogens with zero attached hydrogens (tertiary/aromatic N) is 5. The molecule has 3 N–H and O–H groups in total. The number of morpholine rings is 1. The summed E-state index contributed by atoms with van der Waals surface area (Å²) in [6.07, 6.45) is 1.42. The molecule has 0 amide bonds. The van der Waals surface area contributed by atoms with E-state index in [1.54, 1.807) is 30.5 Å². The molecule has 38 heavy (non-hydrogen) atoms. The highest BCUT2D eigenvalue weighted by atomic mass is 32.2. The number of hydrogen-bond acceptors (Lipinski definition) is 9. The molecule has 1 fully saturated rings. The van der Waals surface area contributed by atoms with Crippen molar-refractivity contribution >= 4 is 38.4 Å². The van der Waals surface area contributed by atoms with Crippen LogP contribution in [0.3, 0.4) is 0 Å². The number of alkyl halides is 1. The van der Waals surface area contributed by atoms with E-state index in [0.717, 1.165) is 0 Å². The molecule has 0 spiro atoms. The second-order valence-electron chi connectivity index (χ2n) is 8.64. The molecule has 1 aliphatic rings. The lowest BCUT2D eigenvalue weighted by Crippen LogP contribution is -2.37. The molecule has 1 aromatic carbocycles. The lowest BCUT2D eigenvalue weighted by Gasteiger charge is -2.28. The van der Waals surface area contributed by atoms with Gasteiger partial charge in [0.25, 0.3) is 0 Å². The molecule has 13 heteroatoms. The fourth-order valence-corrected chi connectivity index (χ4v) is 5.17. The average Bonchev–Trinajstić information content (AvgIpc) is 2.93. The van der Waals surface area contributed by atoms with E-state index in [4.69, 9.17) is 20.4 Å². The minimum Gasteiger partial charge on any atom is -0.384 e. The maximum Gasteiger partial charge on any atom is 0.232 e. The van der Waals surface area contributed by atoms with E-state index >= 15 is 4.39 Å². The summed E-state index contributed by atoms with van der Waals surface area (Å²) in [7, 11) is -3.91. The number of anilines is 3. The quantitative estimate of drug-likeness (QED) is 0.344. The number of pyridine rings is 2. The molecule has 1 aliphatic heterocycles. The minimum atomic E-state index is -3.91. The van der Waals surface area contributed by atoms with Crippen LogP contribution >= 0.6 is 0 Å². The van der Waals surface area contributed by atoms with Gasteiger partial charge in [-0.15, -0.1) is 0 Å². The number of halogens is 2. The van der Waals surface area contributed by atoms with Gasteiger partial charge in [-0.2, -0.15) is 0 Å². The van der Waals surface area contributed by atoms with Gasteiger partial charge < -0.3 is 15.4 Å². The van der Waals surface area contributed by atoms with Crippen molar-refractivity contribution in [2.45, 2.75) is 6.42 Å². The van der Waals surface area contributed by atoms with E-state index < -0.39 is 28.3 Å². The Morgan fingerprint density at radius 3 is 2.61 bits per heavy atom. The third-order valence-corrected chi connectivity index (χ3v) is 7.32. The van der Waals surface area contributed by atoms with E-state index in [1.807, 2.05) is 4.90 Å². The molecule has 4 heterocycles. The Bertz CT molecular complexity index is 1560. The van der Waals surface area contributed by atoms with Crippen molar-refractivity contribution < 1.29 is 21.9 Å². The number of hydrogen-bond donors (Lipinski definition) is 2. The Labute approximate surface area is 218 Å². The molecule has 3 aromatic heterocycles. The maximum atomic E-state index is 15.5. The number of nitrogen functional groups attached to an aromatic ring is 1. The van der Waals surface area contributed by atoms with Crippen molar-refractivity contribution in [3.63, 3.8) is 0 Å². The van der Waals surface area contributed by atoms with E-state index in [2.05, 4.69) is 14.7 Å². The predicted octanol–water partition coefficient (Wildman–Crippen LogP) is 3.41. The fraction of sp³-hybridized carbons (Fsp3) is 0.280. The van der Waals surface area contributed by atoms with Gasteiger partial charge in [-0.1, -0.05) is 6.07 Å². The summed E-state index contributed by atoms with van der Waals surface area (Å²) in [5.74, 6) is 0.144. The largest absolute Gasteiger partial charge is 0.384 e. The summed E-state index contributed by atoms with van der Waals surface area (Å²) in [5, 5.41) is 0. The van der Waals surface area contributed by atoms with Gasteiger partial charge >= 0.3 is 0 Å². The zero-order valence-corrected chi connectivity index (χ0v) is 21.1. The van der Waals surface area contributed by atoms with Crippen molar-refractivity contribution in [2.75, 3.05) is 54.1 Å². The molecule has 10 nitrogen and oxygen atoms in total. The van der Waals surface area contributed by atoms with Crippen LogP contribution in [0.2, 0.25) is 0 Å². The van der Waals surface area contributed by atoms with Gasteiger partial charge in [-0.05, 0) is 42.8 Å². The number of sulfonamides is 1. The molecule has 5 rings (SSSR count). The zero-order valence-electron chi connectivity index (χ0n) is 20.3. The topological polar surface area (TPSA) is 136 Å². The van der Waals surface area contributed by atoms with Crippen LogP contribution in [0.1, 0.15) is 6.42 Å². The Kier molecular flexibility index (Phi) is 7.29. The van der Waals surface area contributed by atoms with Gasteiger partial charge in [0, 0.05) is 30.4 Å². The summed E-state index contributed by atoms with van der Waals surface area (Å²) in [6, 6.07) is 11.1. The summed E-state index contributed by atoms with van der Waals surface area (Å²) < 4.78 is 60.1. The van der Waals surface area contributed by atoms with Crippen LogP contribution < -0.4 is 15.4 Å². The molecule has 0 unspecified atom stereocenters.